The highest BCUT2D eigenvalue weighted by molar-refractivity contribution is 5.95. The molecule has 0 unspecified atom stereocenters. The van der Waals surface area contributed by atoms with Crippen LogP contribution < -0.4 is 0 Å². The third kappa shape index (κ3) is 2.56. The van der Waals surface area contributed by atoms with Gasteiger partial charge in [-0.3, -0.25) is 9.69 Å². The quantitative estimate of drug-likeness (QED) is 0.836. The van der Waals surface area contributed by atoms with Crippen molar-refractivity contribution < 1.29 is 9.59 Å². The van der Waals surface area contributed by atoms with Crippen molar-refractivity contribution in [1.82, 2.24) is 14.7 Å². The zero-order valence-corrected chi connectivity index (χ0v) is 15.8. The fourth-order valence-electron chi connectivity index (χ4n) is 3.84. The van der Waals surface area contributed by atoms with Gasteiger partial charge in [0.2, 0.25) is 0 Å². The molecule has 1 aromatic carbocycles. The Bertz CT molecular complexity index is 621. The molecule has 0 N–H and O–H groups in total. The molecule has 1 aliphatic heterocycles. The van der Waals surface area contributed by atoms with Gasteiger partial charge in [0.15, 0.2) is 5.54 Å². The minimum absolute atomic E-state index is 0.0219. The molecule has 1 aliphatic rings. The van der Waals surface area contributed by atoms with Crippen molar-refractivity contribution in [3.8, 4) is 0 Å². The van der Waals surface area contributed by atoms with E-state index < -0.39 is 5.54 Å². The highest BCUT2D eigenvalue weighted by Gasteiger charge is 2.61. The molecule has 1 fully saturated rings. The maximum Gasteiger partial charge on any atom is 0.322 e. The van der Waals surface area contributed by atoms with Crippen LogP contribution in [0.2, 0.25) is 0 Å². The number of likely N-dealkylation sites (N-methyl/N-ethyl adjacent to an activating group) is 1. The Hall–Kier alpha value is -2.04. The predicted molar refractivity (Wildman–Crippen MR) is 95.3 cm³/mol. The van der Waals surface area contributed by atoms with Crippen LogP contribution in [0.15, 0.2) is 30.3 Å². The number of nitrogens with zero attached hydrogens (tertiary/aromatic N) is 3. The van der Waals surface area contributed by atoms with Crippen molar-refractivity contribution in [2.24, 2.45) is 5.41 Å². The van der Waals surface area contributed by atoms with Gasteiger partial charge in [-0.2, -0.15) is 0 Å². The number of benzene rings is 1. The van der Waals surface area contributed by atoms with E-state index >= 15 is 0 Å². The first kappa shape index (κ1) is 18.3. The fourth-order valence-corrected chi connectivity index (χ4v) is 3.84. The Kier molecular flexibility index (Phi) is 4.66. The van der Waals surface area contributed by atoms with E-state index in [-0.39, 0.29) is 23.5 Å². The number of urea groups is 1. The van der Waals surface area contributed by atoms with Gasteiger partial charge in [0.1, 0.15) is 6.17 Å². The van der Waals surface area contributed by atoms with E-state index in [0.717, 1.165) is 5.56 Å². The average Bonchev–Trinajstić information content (AvgIpc) is 2.76. The Balaban J connectivity index is 2.75. The van der Waals surface area contributed by atoms with Gasteiger partial charge in [0, 0.05) is 26.6 Å². The Morgan fingerprint density at radius 1 is 1.21 bits per heavy atom. The molecule has 0 aliphatic carbocycles. The second-order valence-corrected chi connectivity index (χ2v) is 7.78. The van der Waals surface area contributed by atoms with Crippen LogP contribution in [-0.2, 0) is 10.3 Å². The second kappa shape index (κ2) is 6.11. The maximum absolute atomic E-state index is 13.4. The summed E-state index contributed by atoms with van der Waals surface area (Å²) in [7, 11) is 5.26. The van der Waals surface area contributed by atoms with Gasteiger partial charge in [-0.25, -0.2) is 4.79 Å². The summed E-state index contributed by atoms with van der Waals surface area (Å²) in [5.41, 5.74) is -0.358. The summed E-state index contributed by atoms with van der Waals surface area (Å²) in [5, 5.41) is 0. The lowest BCUT2D eigenvalue weighted by Gasteiger charge is -2.43. The van der Waals surface area contributed by atoms with Gasteiger partial charge in [0.05, 0.1) is 0 Å². The molecule has 1 aromatic rings. The van der Waals surface area contributed by atoms with Crippen LogP contribution in [0.25, 0.3) is 0 Å². The highest BCUT2D eigenvalue weighted by Crippen LogP contribution is 2.46. The summed E-state index contributed by atoms with van der Waals surface area (Å²) in [5.74, 6) is -0.0219. The van der Waals surface area contributed by atoms with Gasteiger partial charge >= 0.3 is 6.03 Å². The van der Waals surface area contributed by atoms with Gasteiger partial charge in [-0.15, -0.1) is 0 Å². The van der Waals surface area contributed by atoms with E-state index in [1.54, 1.807) is 35.8 Å². The molecule has 24 heavy (non-hydrogen) atoms. The molecule has 0 bridgehead atoms. The summed E-state index contributed by atoms with van der Waals surface area (Å²) in [6.45, 7) is 8.16. The zero-order valence-electron chi connectivity index (χ0n) is 15.8. The van der Waals surface area contributed by atoms with E-state index in [0.29, 0.717) is 6.42 Å². The lowest BCUT2D eigenvalue weighted by Crippen LogP contribution is -2.57. The summed E-state index contributed by atoms with van der Waals surface area (Å²) < 4.78 is 0. The molecular formula is C19H29N3O2. The standard InChI is InChI=1S/C19H29N3O2/c1-8-19(14-12-10-9-11-13-14)16(23)21(7)15(18(2,3)4)22(19)17(24)20(5)6/h9-13,15H,8H2,1-7H3/t15-,19-/m0/s1. The second-order valence-electron chi connectivity index (χ2n) is 7.78. The third-order valence-electron chi connectivity index (χ3n) is 4.82. The van der Waals surface area contributed by atoms with Gasteiger partial charge in [-0.1, -0.05) is 58.0 Å². The summed E-state index contributed by atoms with van der Waals surface area (Å²) >= 11 is 0. The molecule has 0 saturated carbocycles. The lowest BCUT2D eigenvalue weighted by atomic mass is 9.84. The number of amides is 3. The normalized spacial score (nSPS) is 24.5. The summed E-state index contributed by atoms with van der Waals surface area (Å²) in [6, 6.07) is 9.51. The van der Waals surface area contributed by atoms with Gasteiger partial charge in [0.25, 0.3) is 5.91 Å². The summed E-state index contributed by atoms with van der Waals surface area (Å²) in [4.78, 5) is 31.6. The predicted octanol–water partition coefficient (Wildman–Crippen LogP) is 3.12. The van der Waals surface area contributed by atoms with Crippen molar-refractivity contribution in [3.63, 3.8) is 0 Å². The Morgan fingerprint density at radius 2 is 1.75 bits per heavy atom. The first-order valence-electron chi connectivity index (χ1n) is 8.42. The first-order chi connectivity index (χ1) is 11.1. The van der Waals surface area contributed by atoms with Crippen molar-refractivity contribution in [3.05, 3.63) is 35.9 Å². The largest absolute Gasteiger partial charge is 0.331 e. The highest BCUT2D eigenvalue weighted by atomic mass is 16.2. The van der Waals surface area contributed by atoms with Gasteiger partial charge in [-0.05, 0) is 12.0 Å². The molecule has 1 saturated heterocycles. The topological polar surface area (TPSA) is 43.9 Å². The molecule has 2 atom stereocenters. The molecule has 0 radical (unpaired) electrons. The van der Waals surface area contributed by atoms with Crippen molar-refractivity contribution in [1.29, 1.82) is 0 Å². The SMILES string of the molecule is CC[C@]1(c2ccccc2)C(=O)N(C)[C@H](C(C)(C)C)N1C(=O)N(C)C. The molecule has 2 rings (SSSR count). The zero-order chi connectivity index (χ0) is 18.3. The number of carbonyl (C=O) groups is 2. The third-order valence-corrected chi connectivity index (χ3v) is 4.82. The smallest absolute Gasteiger partial charge is 0.322 e. The lowest BCUT2D eigenvalue weighted by molar-refractivity contribution is -0.133. The molecule has 5 nitrogen and oxygen atoms in total. The van der Waals surface area contributed by atoms with Crippen LogP contribution in [-0.4, -0.2) is 53.9 Å². The molecular weight excluding hydrogens is 302 g/mol. The Morgan fingerprint density at radius 3 is 2.17 bits per heavy atom. The average molecular weight is 331 g/mol. The minimum Gasteiger partial charge on any atom is -0.331 e. The first-order valence-corrected chi connectivity index (χ1v) is 8.42. The fraction of sp³-hybridized carbons (Fsp3) is 0.579. The molecule has 3 amide bonds. The summed E-state index contributed by atoms with van der Waals surface area (Å²) in [6.07, 6.45) is 0.229. The monoisotopic (exact) mass is 331 g/mol. The van der Waals surface area contributed by atoms with Crippen LogP contribution in [0.1, 0.15) is 39.7 Å². The van der Waals surface area contributed by atoms with E-state index in [4.69, 9.17) is 0 Å². The van der Waals surface area contributed by atoms with E-state index in [2.05, 4.69) is 20.8 Å². The Labute approximate surface area is 145 Å². The van der Waals surface area contributed by atoms with Crippen LogP contribution in [0, 0.1) is 5.41 Å². The van der Waals surface area contributed by atoms with Crippen LogP contribution >= 0.6 is 0 Å². The molecule has 5 heteroatoms. The molecule has 1 heterocycles. The van der Waals surface area contributed by atoms with E-state index in [9.17, 15) is 9.59 Å². The van der Waals surface area contributed by atoms with Crippen molar-refractivity contribution in [2.75, 3.05) is 21.1 Å². The van der Waals surface area contributed by atoms with Crippen LogP contribution in [0.4, 0.5) is 4.79 Å². The molecule has 132 valence electrons. The van der Waals surface area contributed by atoms with Crippen LogP contribution in [0.5, 0.6) is 0 Å². The van der Waals surface area contributed by atoms with E-state index in [1.807, 2.05) is 37.3 Å². The van der Waals surface area contributed by atoms with E-state index in [1.165, 1.54) is 0 Å². The number of hydrogen-bond acceptors (Lipinski definition) is 2. The number of rotatable bonds is 2. The minimum atomic E-state index is -0.963. The van der Waals surface area contributed by atoms with Gasteiger partial charge < -0.3 is 9.80 Å². The molecule has 0 aromatic heterocycles. The number of carbonyl (C=O) groups excluding carboxylic acids is 2. The maximum atomic E-state index is 13.4. The van der Waals surface area contributed by atoms with Crippen molar-refractivity contribution in [2.45, 2.75) is 45.8 Å². The van der Waals surface area contributed by atoms with Crippen LogP contribution in [0.3, 0.4) is 0 Å². The molecule has 0 spiro atoms. The van der Waals surface area contributed by atoms with Crippen molar-refractivity contribution >= 4 is 11.9 Å². The number of hydrogen-bond donors (Lipinski definition) is 0.